The Morgan fingerprint density at radius 2 is 2.10 bits per heavy atom. The number of aliphatic hydroxyl groups excluding tert-OH is 1. The van der Waals surface area contributed by atoms with E-state index < -0.39 is 11.9 Å². The van der Waals surface area contributed by atoms with Crippen LogP contribution in [0.3, 0.4) is 0 Å². The van der Waals surface area contributed by atoms with Crippen LogP contribution in [0.15, 0.2) is 18.2 Å². The summed E-state index contributed by atoms with van der Waals surface area (Å²) in [6.45, 7) is 6.24. The van der Waals surface area contributed by atoms with Crippen molar-refractivity contribution in [3.63, 3.8) is 0 Å². The zero-order chi connectivity index (χ0) is 15.4. The Kier molecular flexibility index (Phi) is 5.81. The van der Waals surface area contributed by atoms with Gasteiger partial charge in [-0.25, -0.2) is 4.39 Å². The van der Waals surface area contributed by atoms with E-state index in [1.165, 1.54) is 18.2 Å². The molecule has 6 heteroatoms. The molecule has 0 spiro atoms. The molecule has 1 fully saturated rings. The summed E-state index contributed by atoms with van der Waals surface area (Å²) in [5.74, 6) is -0.0370. The number of aliphatic hydroxyl groups is 1. The highest BCUT2D eigenvalue weighted by molar-refractivity contribution is 6.32. The summed E-state index contributed by atoms with van der Waals surface area (Å²) in [6.07, 6.45) is -0.314. The van der Waals surface area contributed by atoms with E-state index in [2.05, 4.69) is 4.90 Å². The number of hydrogen-bond donors (Lipinski definition) is 1. The molecule has 21 heavy (non-hydrogen) atoms. The second-order valence-corrected chi connectivity index (χ2v) is 5.92. The molecule has 118 valence electrons. The van der Waals surface area contributed by atoms with Gasteiger partial charge in [-0.15, -0.1) is 0 Å². The number of morpholine rings is 1. The van der Waals surface area contributed by atoms with E-state index in [-0.39, 0.29) is 23.8 Å². The second kappa shape index (κ2) is 7.40. The van der Waals surface area contributed by atoms with Crippen LogP contribution in [0.25, 0.3) is 0 Å². The Bertz CT molecular complexity index is 464. The highest BCUT2D eigenvalue weighted by atomic mass is 35.5. The minimum absolute atomic E-state index is 0.117. The Hall–Kier alpha value is -0.880. The number of nitrogens with zero attached hydrogens (tertiary/aromatic N) is 1. The molecule has 1 aromatic carbocycles. The SMILES string of the molecule is CC1CN(CC(O)COc2ccc(F)cc2Cl)CC(C)O1. The minimum Gasteiger partial charge on any atom is -0.489 e. The summed E-state index contributed by atoms with van der Waals surface area (Å²) < 4.78 is 24.0. The molecule has 0 bridgehead atoms. The van der Waals surface area contributed by atoms with Gasteiger partial charge < -0.3 is 14.6 Å². The predicted molar refractivity (Wildman–Crippen MR) is 79.4 cm³/mol. The molecular formula is C15H21ClFNO3. The highest BCUT2D eigenvalue weighted by Crippen LogP contribution is 2.25. The standard InChI is InChI=1S/C15H21ClFNO3/c1-10-6-18(7-11(2)21-10)8-13(19)9-20-15-4-3-12(17)5-14(15)16/h3-5,10-11,13,19H,6-9H2,1-2H3. The number of benzene rings is 1. The lowest BCUT2D eigenvalue weighted by Gasteiger charge is -2.36. The van der Waals surface area contributed by atoms with Gasteiger partial charge in [0.05, 0.1) is 17.2 Å². The molecule has 3 atom stereocenters. The van der Waals surface area contributed by atoms with E-state index in [4.69, 9.17) is 21.1 Å². The van der Waals surface area contributed by atoms with Crippen LogP contribution in [0.2, 0.25) is 5.02 Å². The van der Waals surface area contributed by atoms with Crippen molar-refractivity contribution in [1.82, 2.24) is 4.90 Å². The first-order chi connectivity index (χ1) is 9.94. The van der Waals surface area contributed by atoms with Crippen LogP contribution in [0.4, 0.5) is 4.39 Å². The van der Waals surface area contributed by atoms with Crippen molar-refractivity contribution in [1.29, 1.82) is 0 Å². The maximum atomic E-state index is 12.9. The molecule has 0 radical (unpaired) electrons. The third kappa shape index (κ3) is 5.11. The molecule has 1 aliphatic heterocycles. The fourth-order valence-corrected chi connectivity index (χ4v) is 2.78. The van der Waals surface area contributed by atoms with Crippen molar-refractivity contribution in [2.75, 3.05) is 26.2 Å². The molecule has 0 amide bonds. The number of halogens is 2. The Balaban J connectivity index is 1.80. The lowest BCUT2D eigenvalue weighted by atomic mass is 10.2. The summed E-state index contributed by atoms with van der Waals surface area (Å²) in [7, 11) is 0. The number of hydrogen-bond acceptors (Lipinski definition) is 4. The molecule has 1 saturated heterocycles. The van der Waals surface area contributed by atoms with Gasteiger partial charge in [0.2, 0.25) is 0 Å². The molecule has 0 aromatic heterocycles. The molecule has 3 unspecified atom stereocenters. The third-order valence-electron chi connectivity index (χ3n) is 3.29. The van der Waals surface area contributed by atoms with E-state index in [1.807, 2.05) is 13.8 Å². The number of ether oxygens (including phenoxy) is 2. The summed E-state index contributed by atoms with van der Waals surface area (Å²) in [4.78, 5) is 2.15. The molecule has 4 nitrogen and oxygen atoms in total. The summed E-state index contributed by atoms with van der Waals surface area (Å²) in [5.41, 5.74) is 0. The highest BCUT2D eigenvalue weighted by Gasteiger charge is 2.24. The number of β-amino-alcohol motifs (C(OH)–C–C–N with tert-alkyl or cyclic N) is 1. The lowest BCUT2D eigenvalue weighted by molar-refractivity contribution is -0.0786. The summed E-state index contributed by atoms with van der Waals surface area (Å²) in [6, 6.07) is 3.93. The van der Waals surface area contributed by atoms with E-state index in [1.54, 1.807) is 0 Å². The van der Waals surface area contributed by atoms with Crippen molar-refractivity contribution in [2.24, 2.45) is 0 Å². The lowest BCUT2D eigenvalue weighted by Crippen LogP contribution is -2.48. The van der Waals surface area contributed by atoms with Gasteiger partial charge in [-0.3, -0.25) is 4.90 Å². The number of rotatable bonds is 5. The second-order valence-electron chi connectivity index (χ2n) is 5.52. The van der Waals surface area contributed by atoms with Crippen LogP contribution < -0.4 is 4.74 Å². The first-order valence-corrected chi connectivity index (χ1v) is 7.45. The smallest absolute Gasteiger partial charge is 0.138 e. The first kappa shape index (κ1) is 16.5. The minimum atomic E-state index is -0.636. The van der Waals surface area contributed by atoms with Crippen LogP contribution in [0.1, 0.15) is 13.8 Å². The Labute approximate surface area is 129 Å². The van der Waals surface area contributed by atoms with Crippen molar-refractivity contribution in [2.45, 2.75) is 32.2 Å². The van der Waals surface area contributed by atoms with Gasteiger partial charge in [0.1, 0.15) is 24.3 Å². The maximum absolute atomic E-state index is 12.9. The van der Waals surface area contributed by atoms with Crippen LogP contribution >= 0.6 is 11.6 Å². The third-order valence-corrected chi connectivity index (χ3v) is 3.58. The maximum Gasteiger partial charge on any atom is 0.138 e. The van der Waals surface area contributed by atoms with Gasteiger partial charge in [0, 0.05) is 19.6 Å². The van der Waals surface area contributed by atoms with Crippen molar-refractivity contribution >= 4 is 11.6 Å². The average molecular weight is 318 g/mol. The monoisotopic (exact) mass is 317 g/mol. The van der Waals surface area contributed by atoms with Crippen LogP contribution in [0.5, 0.6) is 5.75 Å². The topological polar surface area (TPSA) is 41.9 Å². The quantitative estimate of drug-likeness (QED) is 0.905. The molecule has 1 heterocycles. The van der Waals surface area contributed by atoms with Crippen LogP contribution in [0, 0.1) is 5.82 Å². The molecule has 1 N–H and O–H groups in total. The Morgan fingerprint density at radius 3 is 2.71 bits per heavy atom. The molecule has 0 saturated carbocycles. The molecule has 1 aromatic rings. The molecule has 0 aliphatic carbocycles. The van der Waals surface area contributed by atoms with Crippen molar-refractivity contribution in [3.05, 3.63) is 29.0 Å². The fourth-order valence-electron chi connectivity index (χ4n) is 2.56. The van der Waals surface area contributed by atoms with Gasteiger partial charge in [-0.2, -0.15) is 0 Å². The first-order valence-electron chi connectivity index (χ1n) is 7.07. The predicted octanol–water partition coefficient (Wildman–Crippen LogP) is 2.33. The van der Waals surface area contributed by atoms with E-state index in [0.717, 1.165) is 13.1 Å². The molecule has 2 rings (SSSR count). The average Bonchev–Trinajstić information content (AvgIpc) is 2.36. The largest absolute Gasteiger partial charge is 0.489 e. The van der Waals surface area contributed by atoms with Gasteiger partial charge in [0.15, 0.2) is 0 Å². The van der Waals surface area contributed by atoms with Gasteiger partial charge >= 0.3 is 0 Å². The molecular weight excluding hydrogens is 297 g/mol. The van der Waals surface area contributed by atoms with Gasteiger partial charge in [-0.1, -0.05) is 11.6 Å². The zero-order valence-corrected chi connectivity index (χ0v) is 13.0. The normalized spacial score (nSPS) is 24.8. The van der Waals surface area contributed by atoms with Gasteiger partial charge in [-0.05, 0) is 32.0 Å². The fraction of sp³-hybridized carbons (Fsp3) is 0.600. The van der Waals surface area contributed by atoms with Crippen molar-refractivity contribution in [3.8, 4) is 5.75 Å². The van der Waals surface area contributed by atoms with Crippen LogP contribution in [-0.2, 0) is 4.74 Å². The molecule has 1 aliphatic rings. The van der Waals surface area contributed by atoms with E-state index in [0.29, 0.717) is 12.3 Å². The summed E-state index contributed by atoms with van der Waals surface area (Å²) in [5, 5.41) is 10.3. The Morgan fingerprint density at radius 1 is 1.43 bits per heavy atom. The van der Waals surface area contributed by atoms with Crippen LogP contribution in [-0.4, -0.2) is 54.6 Å². The zero-order valence-electron chi connectivity index (χ0n) is 12.3. The van der Waals surface area contributed by atoms with Crippen molar-refractivity contribution < 1.29 is 19.0 Å². The van der Waals surface area contributed by atoms with E-state index >= 15 is 0 Å². The summed E-state index contributed by atoms with van der Waals surface area (Å²) >= 11 is 5.87. The van der Waals surface area contributed by atoms with E-state index in [9.17, 15) is 9.50 Å². The van der Waals surface area contributed by atoms with Gasteiger partial charge in [0.25, 0.3) is 0 Å².